The summed E-state index contributed by atoms with van der Waals surface area (Å²) in [6.07, 6.45) is 0. The molecule has 11 aromatic rings. The average Bonchev–Trinajstić information content (AvgIpc) is 3.88. The molecule has 0 aliphatic heterocycles. The van der Waals surface area contributed by atoms with Crippen molar-refractivity contribution in [3.8, 4) is 16.8 Å². The van der Waals surface area contributed by atoms with Crippen LogP contribution in [0.25, 0.3) is 80.7 Å². The highest BCUT2D eigenvalue weighted by atomic mass is 32.1. The summed E-state index contributed by atoms with van der Waals surface area (Å²) < 4.78 is 11.7. The topological polar surface area (TPSA) is 21.3 Å². The van der Waals surface area contributed by atoms with Crippen LogP contribution < -0.4 is 4.90 Å². The Morgan fingerprint density at radius 2 is 1.10 bits per heavy atom. The van der Waals surface area contributed by atoms with Crippen LogP contribution >= 0.6 is 11.3 Å². The zero-order valence-corrected chi connectivity index (χ0v) is 28.8. The second kappa shape index (κ2) is 11.5. The highest BCUT2D eigenvalue weighted by Gasteiger charge is 2.24. The molecule has 0 saturated carbocycles. The number of rotatable bonds is 5. The number of benzene rings is 8. The van der Waals surface area contributed by atoms with Crippen LogP contribution in [0.2, 0.25) is 0 Å². The van der Waals surface area contributed by atoms with Gasteiger partial charge >= 0.3 is 0 Å². The molecule has 0 spiro atoms. The van der Waals surface area contributed by atoms with Gasteiger partial charge in [0.05, 0.1) is 22.1 Å². The Balaban J connectivity index is 1.23. The van der Waals surface area contributed by atoms with E-state index >= 15 is 0 Å². The minimum absolute atomic E-state index is 0.877. The standard InChI is InChI=1S/C48H30N2OS/c1-3-13-31(14-4-1)35-27-28-42(47-40-19-8-11-21-44(40)51-48(35)47)49(34-24-26-39-38-18-9-12-22-45(38)52-46(39)30-34)33-23-25-37-36-17-7-10-20-41(36)50(43(37)29-33)32-15-5-2-6-16-32/h1-30H. The minimum Gasteiger partial charge on any atom is -0.455 e. The second-order valence-corrected chi connectivity index (χ2v) is 14.4. The Labute approximate surface area is 303 Å². The molecule has 0 aliphatic rings. The molecule has 0 radical (unpaired) electrons. The van der Waals surface area contributed by atoms with E-state index in [0.717, 1.165) is 61.3 Å². The van der Waals surface area contributed by atoms with Crippen molar-refractivity contribution in [2.24, 2.45) is 0 Å². The Morgan fingerprint density at radius 1 is 0.462 bits per heavy atom. The van der Waals surface area contributed by atoms with E-state index in [0.29, 0.717) is 0 Å². The van der Waals surface area contributed by atoms with Gasteiger partial charge < -0.3 is 13.9 Å². The zero-order chi connectivity index (χ0) is 34.2. The van der Waals surface area contributed by atoms with Gasteiger partial charge in [-0.05, 0) is 72.3 Å². The molecule has 4 heteroatoms. The van der Waals surface area contributed by atoms with Gasteiger partial charge in [-0.3, -0.25) is 0 Å². The first-order chi connectivity index (χ1) is 25.8. The van der Waals surface area contributed by atoms with Crippen molar-refractivity contribution in [2.45, 2.75) is 0 Å². The fraction of sp³-hybridized carbons (Fsp3) is 0. The molecule has 0 fully saturated rings. The third-order valence-corrected chi connectivity index (χ3v) is 11.5. The van der Waals surface area contributed by atoms with Crippen LogP contribution in [0.15, 0.2) is 186 Å². The van der Waals surface area contributed by atoms with E-state index in [4.69, 9.17) is 4.42 Å². The summed E-state index contributed by atoms with van der Waals surface area (Å²) in [5.41, 5.74) is 10.7. The maximum Gasteiger partial charge on any atom is 0.145 e. The lowest BCUT2D eigenvalue weighted by molar-refractivity contribution is 0.670. The first-order valence-electron chi connectivity index (χ1n) is 17.6. The maximum atomic E-state index is 6.77. The molecule has 244 valence electrons. The van der Waals surface area contributed by atoms with E-state index in [1.165, 1.54) is 36.5 Å². The van der Waals surface area contributed by atoms with Crippen LogP contribution in [-0.2, 0) is 0 Å². The molecular formula is C48H30N2OS. The van der Waals surface area contributed by atoms with Gasteiger partial charge in [0.25, 0.3) is 0 Å². The van der Waals surface area contributed by atoms with Crippen molar-refractivity contribution in [1.82, 2.24) is 4.57 Å². The van der Waals surface area contributed by atoms with Crippen LogP contribution in [0.1, 0.15) is 0 Å². The Kier molecular flexibility index (Phi) is 6.42. The molecule has 0 unspecified atom stereocenters. The van der Waals surface area contributed by atoms with Crippen LogP contribution in [0.4, 0.5) is 17.1 Å². The Morgan fingerprint density at radius 3 is 1.94 bits per heavy atom. The van der Waals surface area contributed by atoms with Crippen molar-refractivity contribution < 1.29 is 4.42 Å². The monoisotopic (exact) mass is 682 g/mol. The summed E-state index contributed by atoms with van der Waals surface area (Å²) in [5.74, 6) is 0. The summed E-state index contributed by atoms with van der Waals surface area (Å²) in [7, 11) is 0. The molecule has 0 atom stereocenters. The van der Waals surface area contributed by atoms with Gasteiger partial charge in [-0.2, -0.15) is 0 Å². The smallest absolute Gasteiger partial charge is 0.145 e. The second-order valence-electron chi connectivity index (χ2n) is 13.3. The van der Waals surface area contributed by atoms with Gasteiger partial charge in [-0.1, -0.05) is 115 Å². The summed E-state index contributed by atoms with van der Waals surface area (Å²) in [5, 5.41) is 7.23. The molecule has 8 aromatic carbocycles. The zero-order valence-electron chi connectivity index (χ0n) is 28.0. The van der Waals surface area contributed by atoms with Crippen LogP contribution in [0, 0.1) is 0 Å². The number of hydrogen-bond acceptors (Lipinski definition) is 3. The summed E-state index contributed by atoms with van der Waals surface area (Å²) >= 11 is 1.85. The Hall–Kier alpha value is -6.62. The lowest BCUT2D eigenvalue weighted by atomic mass is 9.99. The quantitative estimate of drug-likeness (QED) is 0.180. The highest BCUT2D eigenvalue weighted by Crippen LogP contribution is 2.48. The molecular weight excluding hydrogens is 653 g/mol. The van der Waals surface area contributed by atoms with Crippen molar-refractivity contribution in [3.63, 3.8) is 0 Å². The predicted octanol–water partition coefficient (Wildman–Crippen LogP) is 14.2. The minimum atomic E-state index is 0.877. The third kappa shape index (κ3) is 4.38. The lowest BCUT2D eigenvalue weighted by Gasteiger charge is -2.27. The molecule has 0 bridgehead atoms. The van der Waals surface area contributed by atoms with Gasteiger partial charge in [0.2, 0.25) is 0 Å². The molecule has 0 saturated heterocycles. The van der Waals surface area contributed by atoms with Crippen molar-refractivity contribution in [2.75, 3.05) is 4.90 Å². The normalized spacial score (nSPS) is 11.8. The number of anilines is 3. The van der Waals surface area contributed by atoms with E-state index in [2.05, 4.69) is 191 Å². The van der Waals surface area contributed by atoms with E-state index in [-0.39, 0.29) is 0 Å². The largest absolute Gasteiger partial charge is 0.455 e. The van der Waals surface area contributed by atoms with Crippen LogP contribution in [0.5, 0.6) is 0 Å². The van der Waals surface area contributed by atoms with E-state index in [1.54, 1.807) is 0 Å². The van der Waals surface area contributed by atoms with Gasteiger partial charge in [-0.25, -0.2) is 0 Å². The van der Waals surface area contributed by atoms with E-state index in [9.17, 15) is 0 Å². The fourth-order valence-corrected chi connectivity index (χ4v) is 9.22. The molecule has 3 heterocycles. The van der Waals surface area contributed by atoms with Gasteiger partial charge in [0.15, 0.2) is 0 Å². The number of aromatic nitrogens is 1. The van der Waals surface area contributed by atoms with Crippen molar-refractivity contribution in [3.05, 3.63) is 182 Å². The van der Waals surface area contributed by atoms with Crippen molar-refractivity contribution in [1.29, 1.82) is 0 Å². The maximum absolute atomic E-state index is 6.77. The number of fused-ring (bicyclic) bond motifs is 9. The number of hydrogen-bond donors (Lipinski definition) is 0. The number of para-hydroxylation sites is 3. The number of furan rings is 1. The molecule has 11 rings (SSSR count). The highest BCUT2D eigenvalue weighted by molar-refractivity contribution is 7.25. The molecule has 0 N–H and O–H groups in total. The first kappa shape index (κ1) is 29.1. The van der Waals surface area contributed by atoms with E-state index < -0.39 is 0 Å². The van der Waals surface area contributed by atoms with Crippen LogP contribution in [0.3, 0.4) is 0 Å². The number of thiophene rings is 1. The predicted molar refractivity (Wildman–Crippen MR) is 221 cm³/mol. The molecule has 3 nitrogen and oxygen atoms in total. The number of nitrogens with zero attached hydrogens (tertiary/aromatic N) is 2. The summed E-state index contributed by atoms with van der Waals surface area (Å²) in [6.45, 7) is 0. The Bertz CT molecular complexity index is 3130. The van der Waals surface area contributed by atoms with Gasteiger partial charge in [-0.15, -0.1) is 11.3 Å². The molecule has 3 aromatic heterocycles. The summed E-state index contributed by atoms with van der Waals surface area (Å²) in [6, 6.07) is 65.4. The fourth-order valence-electron chi connectivity index (χ4n) is 8.08. The van der Waals surface area contributed by atoms with Crippen molar-refractivity contribution >= 4 is 92.3 Å². The van der Waals surface area contributed by atoms with Crippen LogP contribution in [-0.4, -0.2) is 4.57 Å². The van der Waals surface area contributed by atoms with Gasteiger partial charge in [0.1, 0.15) is 11.2 Å². The molecule has 52 heavy (non-hydrogen) atoms. The lowest BCUT2D eigenvalue weighted by Crippen LogP contribution is -2.10. The third-order valence-electron chi connectivity index (χ3n) is 10.4. The molecule has 0 aliphatic carbocycles. The first-order valence-corrected chi connectivity index (χ1v) is 18.4. The van der Waals surface area contributed by atoms with E-state index in [1.807, 2.05) is 11.3 Å². The summed E-state index contributed by atoms with van der Waals surface area (Å²) in [4.78, 5) is 2.43. The average molecular weight is 683 g/mol. The SMILES string of the molecule is c1ccc(-c2ccc(N(c3ccc4c(c3)sc3ccccc34)c3ccc4c5ccccc5n(-c5ccccc5)c4c3)c3c2oc2ccccc23)cc1. The van der Waals surface area contributed by atoms with Gasteiger partial charge in [0, 0.05) is 59.0 Å². The molecule has 0 amide bonds.